The number of benzene rings is 1. The Morgan fingerprint density at radius 1 is 0.968 bits per heavy atom. The van der Waals surface area contributed by atoms with E-state index in [4.69, 9.17) is 9.97 Å². The Morgan fingerprint density at radius 2 is 1.81 bits per heavy atom. The molecule has 6 nitrogen and oxygen atoms in total. The zero-order valence-corrected chi connectivity index (χ0v) is 18.2. The van der Waals surface area contributed by atoms with Gasteiger partial charge in [-0.25, -0.2) is 9.97 Å². The minimum absolute atomic E-state index is 0.0402. The molecule has 0 bridgehead atoms. The van der Waals surface area contributed by atoms with Gasteiger partial charge in [0.2, 0.25) is 0 Å². The first-order valence-electron chi connectivity index (χ1n) is 11.1. The molecule has 3 aromatic heterocycles. The van der Waals surface area contributed by atoms with Crippen molar-refractivity contribution in [1.82, 2.24) is 19.9 Å². The number of fused-ring (bicyclic) bond motifs is 4. The second-order valence-electron chi connectivity index (χ2n) is 8.53. The zero-order valence-electron chi connectivity index (χ0n) is 17.4. The molecule has 1 aliphatic heterocycles. The highest BCUT2D eigenvalue weighted by Gasteiger charge is 2.22. The van der Waals surface area contributed by atoms with Crippen LogP contribution in [0.4, 0.5) is 5.82 Å². The van der Waals surface area contributed by atoms with Crippen molar-refractivity contribution in [2.75, 3.05) is 31.1 Å². The lowest BCUT2D eigenvalue weighted by molar-refractivity contribution is 0.243. The second kappa shape index (κ2) is 7.73. The summed E-state index contributed by atoms with van der Waals surface area (Å²) < 4.78 is 0. The molecule has 4 aromatic rings. The molecule has 7 heteroatoms. The number of anilines is 1. The number of hydrogen-bond donors (Lipinski definition) is 1. The van der Waals surface area contributed by atoms with E-state index in [1.807, 2.05) is 12.1 Å². The molecular weight excluding hydrogens is 406 g/mol. The summed E-state index contributed by atoms with van der Waals surface area (Å²) in [6.07, 6.45) is 4.51. The monoisotopic (exact) mass is 431 g/mol. The molecule has 0 spiro atoms. The summed E-state index contributed by atoms with van der Waals surface area (Å²) >= 11 is 1.72. The van der Waals surface area contributed by atoms with Crippen molar-refractivity contribution in [1.29, 1.82) is 0 Å². The van der Waals surface area contributed by atoms with E-state index in [-0.39, 0.29) is 5.56 Å². The van der Waals surface area contributed by atoms with Gasteiger partial charge in [-0.3, -0.25) is 9.69 Å². The van der Waals surface area contributed by atoms with Gasteiger partial charge in [0, 0.05) is 36.4 Å². The van der Waals surface area contributed by atoms with Crippen LogP contribution in [0, 0.1) is 0 Å². The van der Waals surface area contributed by atoms with Crippen molar-refractivity contribution in [3.63, 3.8) is 0 Å². The lowest BCUT2D eigenvalue weighted by Gasteiger charge is -2.35. The first-order valence-corrected chi connectivity index (χ1v) is 11.9. The highest BCUT2D eigenvalue weighted by molar-refractivity contribution is 7.18. The first kappa shape index (κ1) is 19.0. The van der Waals surface area contributed by atoms with Crippen LogP contribution in [-0.4, -0.2) is 46.0 Å². The summed E-state index contributed by atoms with van der Waals surface area (Å²) in [5, 5.41) is 2.02. The molecule has 1 aromatic carbocycles. The van der Waals surface area contributed by atoms with Crippen LogP contribution >= 0.6 is 11.3 Å². The summed E-state index contributed by atoms with van der Waals surface area (Å²) in [6, 6.07) is 12.5. The van der Waals surface area contributed by atoms with Gasteiger partial charge in [-0.05, 0) is 49.4 Å². The van der Waals surface area contributed by atoms with E-state index in [1.165, 1.54) is 28.7 Å². The molecule has 2 aliphatic rings. The van der Waals surface area contributed by atoms with Crippen LogP contribution in [0.2, 0.25) is 0 Å². The molecule has 4 heterocycles. The third kappa shape index (κ3) is 3.51. The maximum Gasteiger partial charge on any atom is 0.259 e. The van der Waals surface area contributed by atoms with Gasteiger partial charge in [-0.15, -0.1) is 11.3 Å². The molecule has 158 valence electrons. The molecule has 1 saturated heterocycles. The van der Waals surface area contributed by atoms with Crippen molar-refractivity contribution < 1.29 is 0 Å². The largest absolute Gasteiger partial charge is 0.354 e. The van der Waals surface area contributed by atoms with Crippen LogP contribution in [-0.2, 0) is 19.4 Å². The predicted octanol–water partition coefficient (Wildman–Crippen LogP) is 3.73. The Balaban J connectivity index is 1.17. The van der Waals surface area contributed by atoms with Gasteiger partial charge < -0.3 is 9.88 Å². The number of aryl methyl sites for hydroxylation is 2. The summed E-state index contributed by atoms with van der Waals surface area (Å²) in [4.78, 5) is 32.5. The first-order chi connectivity index (χ1) is 15.2. The normalized spacial score (nSPS) is 17.4. The number of aromatic amines is 1. The summed E-state index contributed by atoms with van der Waals surface area (Å²) in [5.41, 5.74) is 2.33. The van der Waals surface area contributed by atoms with Gasteiger partial charge in [0.05, 0.1) is 17.4 Å². The van der Waals surface area contributed by atoms with Gasteiger partial charge in [0.1, 0.15) is 16.5 Å². The van der Waals surface area contributed by atoms with Crippen molar-refractivity contribution in [3.8, 4) is 0 Å². The minimum atomic E-state index is 0.0402. The fraction of sp³-hybridized carbons (Fsp3) is 0.375. The van der Waals surface area contributed by atoms with Crippen LogP contribution in [0.15, 0.2) is 41.2 Å². The fourth-order valence-electron chi connectivity index (χ4n) is 4.86. The molecule has 0 atom stereocenters. The molecule has 1 fully saturated rings. The molecule has 0 amide bonds. The number of aromatic nitrogens is 3. The maximum absolute atomic E-state index is 12.8. The Kier molecular flexibility index (Phi) is 4.73. The lowest BCUT2D eigenvalue weighted by Crippen LogP contribution is -2.46. The molecule has 1 N–H and O–H groups in total. The number of piperazine rings is 1. The van der Waals surface area contributed by atoms with Gasteiger partial charge in [-0.2, -0.15) is 0 Å². The number of nitrogens with one attached hydrogen (secondary N) is 1. The highest BCUT2D eigenvalue weighted by Crippen LogP contribution is 2.33. The topological polar surface area (TPSA) is 65.1 Å². The molecule has 31 heavy (non-hydrogen) atoms. The second-order valence-corrected chi connectivity index (χ2v) is 9.61. The SMILES string of the molecule is O=c1[nH]c(CN2CCN(c3ccc4ccccc4n3)CC2)nc2sc3c(c12)CCCC3. The van der Waals surface area contributed by atoms with Crippen molar-refractivity contribution in [2.45, 2.75) is 32.2 Å². The van der Waals surface area contributed by atoms with E-state index in [2.05, 4.69) is 39.0 Å². The fourth-order valence-corrected chi connectivity index (χ4v) is 6.14. The molecular formula is C24H25N5OS. The predicted molar refractivity (Wildman–Crippen MR) is 126 cm³/mol. The van der Waals surface area contributed by atoms with Crippen LogP contribution in [0.25, 0.3) is 21.1 Å². The third-order valence-corrected chi connectivity index (χ3v) is 7.71. The smallest absolute Gasteiger partial charge is 0.259 e. The zero-order chi connectivity index (χ0) is 20.8. The highest BCUT2D eigenvalue weighted by atomic mass is 32.1. The molecule has 0 radical (unpaired) electrons. The van der Waals surface area contributed by atoms with E-state index in [9.17, 15) is 4.79 Å². The average Bonchev–Trinajstić information content (AvgIpc) is 3.18. The molecule has 0 saturated carbocycles. The summed E-state index contributed by atoms with van der Waals surface area (Å²) in [7, 11) is 0. The number of para-hydroxylation sites is 1. The number of H-pyrrole nitrogens is 1. The number of hydrogen-bond acceptors (Lipinski definition) is 6. The average molecular weight is 432 g/mol. The van der Waals surface area contributed by atoms with E-state index < -0.39 is 0 Å². The van der Waals surface area contributed by atoms with E-state index in [0.29, 0.717) is 6.54 Å². The van der Waals surface area contributed by atoms with Gasteiger partial charge >= 0.3 is 0 Å². The van der Waals surface area contributed by atoms with Crippen molar-refractivity contribution in [2.24, 2.45) is 0 Å². The quantitative estimate of drug-likeness (QED) is 0.535. The van der Waals surface area contributed by atoms with Crippen molar-refractivity contribution in [3.05, 3.63) is 63.0 Å². The third-order valence-electron chi connectivity index (χ3n) is 6.53. The summed E-state index contributed by atoms with van der Waals surface area (Å²) in [6.45, 7) is 4.39. The van der Waals surface area contributed by atoms with Crippen molar-refractivity contribution >= 4 is 38.3 Å². The van der Waals surface area contributed by atoms with Gasteiger partial charge in [0.25, 0.3) is 5.56 Å². The maximum atomic E-state index is 12.8. The minimum Gasteiger partial charge on any atom is -0.354 e. The molecule has 6 rings (SSSR count). The Bertz CT molecular complexity index is 1320. The number of pyridine rings is 1. The van der Waals surface area contributed by atoms with Gasteiger partial charge in [-0.1, -0.05) is 18.2 Å². The number of nitrogens with zero attached hydrogens (tertiary/aromatic N) is 4. The van der Waals surface area contributed by atoms with E-state index >= 15 is 0 Å². The van der Waals surface area contributed by atoms with Crippen LogP contribution in [0.3, 0.4) is 0 Å². The lowest BCUT2D eigenvalue weighted by atomic mass is 9.97. The van der Waals surface area contributed by atoms with E-state index in [0.717, 1.165) is 66.4 Å². The number of rotatable bonds is 3. The van der Waals surface area contributed by atoms with E-state index in [1.54, 1.807) is 11.3 Å². The molecule has 1 aliphatic carbocycles. The summed E-state index contributed by atoms with van der Waals surface area (Å²) in [5.74, 6) is 1.82. The van der Waals surface area contributed by atoms with Crippen LogP contribution in [0.5, 0.6) is 0 Å². The van der Waals surface area contributed by atoms with Gasteiger partial charge in [0.15, 0.2) is 0 Å². The molecule has 0 unspecified atom stereocenters. The Labute approximate surface area is 184 Å². The van der Waals surface area contributed by atoms with Crippen LogP contribution in [0.1, 0.15) is 29.1 Å². The number of thiophene rings is 1. The standard InChI is InChI=1S/C24H25N5OS/c30-23-22-17-6-2-4-8-19(17)31-24(22)27-20(26-23)15-28-11-13-29(14-12-28)21-10-9-16-5-1-3-7-18(16)25-21/h1,3,5,7,9-10H,2,4,6,8,11-15H2,(H,26,27,30). The van der Waals surface area contributed by atoms with Crippen LogP contribution < -0.4 is 10.5 Å². The Hall–Kier alpha value is -2.77. The Morgan fingerprint density at radius 3 is 2.71 bits per heavy atom.